The van der Waals surface area contributed by atoms with Crippen molar-refractivity contribution in [1.82, 2.24) is 29.9 Å². The Morgan fingerprint density at radius 2 is 2.11 bits per heavy atom. The molecule has 3 aromatic heterocycles. The predicted molar refractivity (Wildman–Crippen MR) is 131 cm³/mol. The fraction of sp³-hybridized carbons (Fsp3) is 0.500. The van der Waals surface area contributed by atoms with Crippen molar-refractivity contribution in [1.29, 1.82) is 0 Å². The van der Waals surface area contributed by atoms with Gasteiger partial charge < -0.3 is 20.5 Å². The fourth-order valence-corrected chi connectivity index (χ4v) is 4.22. The van der Waals surface area contributed by atoms with Gasteiger partial charge in [0, 0.05) is 13.6 Å². The Bertz CT molecular complexity index is 1220. The minimum absolute atomic E-state index is 0.144. The van der Waals surface area contributed by atoms with Gasteiger partial charge in [0.05, 0.1) is 41.8 Å². The van der Waals surface area contributed by atoms with E-state index < -0.39 is 11.8 Å². The second-order valence-corrected chi connectivity index (χ2v) is 8.90. The standard InChI is InChI=1S/C24H31FN8O3/c1-4-10-26-22-17(25)12-27-24(30-22)28-13-19-21(31-32-33(19)3)18-8-9-20(14(2)29-18)36-16-7-5-6-15(11-16)23(34)35/h8-9,12,15-16H,4-7,10-11,13H2,1-3H3,(H,34,35)(H2,26,27,28,30)/t15-,16-/m0/s1. The lowest BCUT2D eigenvalue weighted by molar-refractivity contribution is -0.143. The highest BCUT2D eigenvalue weighted by Crippen LogP contribution is 2.30. The van der Waals surface area contributed by atoms with Gasteiger partial charge in [-0.1, -0.05) is 12.1 Å². The van der Waals surface area contributed by atoms with Crippen molar-refractivity contribution >= 4 is 17.7 Å². The molecule has 0 saturated heterocycles. The number of hydrogen-bond acceptors (Lipinski definition) is 9. The summed E-state index contributed by atoms with van der Waals surface area (Å²) < 4.78 is 21.7. The van der Waals surface area contributed by atoms with Crippen molar-refractivity contribution in [2.45, 2.75) is 58.6 Å². The molecule has 3 N–H and O–H groups in total. The molecule has 2 atom stereocenters. The number of carboxylic acids is 1. The van der Waals surface area contributed by atoms with Crippen LogP contribution in [0.15, 0.2) is 18.3 Å². The first-order valence-electron chi connectivity index (χ1n) is 12.1. The molecular formula is C24H31FN8O3. The van der Waals surface area contributed by atoms with E-state index in [4.69, 9.17) is 4.74 Å². The summed E-state index contributed by atoms with van der Waals surface area (Å²) >= 11 is 0. The zero-order chi connectivity index (χ0) is 25.7. The summed E-state index contributed by atoms with van der Waals surface area (Å²) in [5, 5.41) is 23.8. The van der Waals surface area contributed by atoms with Crippen LogP contribution in [0.5, 0.6) is 5.75 Å². The van der Waals surface area contributed by atoms with E-state index in [1.807, 2.05) is 26.0 Å². The number of pyridine rings is 1. The van der Waals surface area contributed by atoms with Crippen molar-refractivity contribution in [3.63, 3.8) is 0 Å². The van der Waals surface area contributed by atoms with Crippen LogP contribution in [0.25, 0.3) is 11.4 Å². The molecule has 3 heterocycles. The van der Waals surface area contributed by atoms with Gasteiger partial charge in [-0.15, -0.1) is 5.10 Å². The molecule has 0 aliphatic heterocycles. The molecule has 3 aromatic rings. The van der Waals surface area contributed by atoms with Crippen molar-refractivity contribution in [3.8, 4) is 17.1 Å². The number of nitrogens with zero attached hydrogens (tertiary/aromatic N) is 6. The van der Waals surface area contributed by atoms with Crippen LogP contribution in [0.2, 0.25) is 0 Å². The van der Waals surface area contributed by atoms with Crippen LogP contribution in [0.4, 0.5) is 16.2 Å². The molecule has 0 spiro atoms. The number of carbonyl (C=O) groups is 1. The molecular weight excluding hydrogens is 467 g/mol. The van der Waals surface area contributed by atoms with E-state index in [1.54, 1.807) is 11.7 Å². The maximum Gasteiger partial charge on any atom is 0.306 e. The maximum atomic E-state index is 13.9. The lowest BCUT2D eigenvalue weighted by Crippen LogP contribution is -2.29. The molecule has 0 aromatic carbocycles. The van der Waals surface area contributed by atoms with Gasteiger partial charge in [-0.2, -0.15) is 4.98 Å². The summed E-state index contributed by atoms with van der Waals surface area (Å²) in [7, 11) is 1.78. The number of halogens is 1. The lowest BCUT2D eigenvalue weighted by atomic mass is 9.87. The smallest absolute Gasteiger partial charge is 0.306 e. The SMILES string of the molecule is CCCNc1nc(NCc2c(-c3ccc(O[C@H]4CCC[C@H](C(=O)O)C4)c(C)n3)nnn2C)ncc1F. The third-order valence-corrected chi connectivity index (χ3v) is 6.19. The predicted octanol–water partition coefficient (Wildman–Crippen LogP) is 3.57. The molecule has 4 rings (SSSR count). The molecule has 0 unspecified atom stereocenters. The number of carboxylic acid groups (broad SMARTS) is 1. The second-order valence-electron chi connectivity index (χ2n) is 8.90. The Hall–Kier alpha value is -3.83. The van der Waals surface area contributed by atoms with Crippen molar-refractivity contribution in [2.24, 2.45) is 13.0 Å². The molecule has 1 aliphatic rings. The van der Waals surface area contributed by atoms with Gasteiger partial charge in [0.2, 0.25) is 5.95 Å². The van der Waals surface area contributed by atoms with Crippen LogP contribution in [0.3, 0.4) is 0 Å². The average molecular weight is 499 g/mol. The molecule has 1 fully saturated rings. The summed E-state index contributed by atoms with van der Waals surface area (Å²) in [6.45, 7) is 4.74. The third-order valence-electron chi connectivity index (χ3n) is 6.19. The molecule has 0 amide bonds. The van der Waals surface area contributed by atoms with Crippen LogP contribution in [0.1, 0.15) is 50.4 Å². The Morgan fingerprint density at radius 3 is 2.86 bits per heavy atom. The quantitative estimate of drug-likeness (QED) is 0.380. The average Bonchev–Trinajstić information content (AvgIpc) is 3.24. The first-order valence-corrected chi connectivity index (χ1v) is 12.1. The van der Waals surface area contributed by atoms with E-state index in [1.165, 1.54) is 0 Å². The van der Waals surface area contributed by atoms with Gasteiger partial charge in [0.1, 0.15) is 11.4 Å². The zero-order valence-corrected chi connectivity index (χ0v) is 20.7. The molecule has 1 aliphatic carbocycles. The Morgan fingerprint density at radius 1 is 1.28 bits per heavy atom. The lowest BCUT2D eigenvalue weighted by Gasteiger charge is -2.27. The number of rotatable bonds is 10. The number of aliphatic carboxylic acids is 1. The number of ether oxygens (including phenoxy) is 1. The number of anilines is 2. The molecule has 192 valence electrons. The minimum Gasteiger partial charge on any atom is -0.489 e. The monoisotopic (exact) mass is 498 g/mol. The van der Waals surface area contributed by atoms with E-state index in [2.05, 4.69) is 35.9 Å². The molecule has 0 radical (unpaired) electrons. The number of nitrogens with one attached hydrogen (secondary N) is 2. The van der Waals surface area contributed by atoms with Crippen molar-refractivity contribution < 1.29 is 19.0 Å². The summed E-state index contributed by atoms with van der Waals surface area (Å²) in [4.78, 5) is 24.3. The number of aromatic nitrogens is 6. The van der Waals surface area contributed by atoms with Crippen LogP contribution < -0.4 is 15.4 Å². The highest BCUT2D eigenvalue weighted by molar-refractivity contribution is 5.70. The van der Waals surface area contributed by atoms with Gasteiger partial charge in [0.15, 0.2) is 11.6 Å². The van der Waals surface area contributed by atoms with Crippen LogP contribution in [-0.2, 0) is 18.4 Å². The number of hydrogen-bond donors (Lipinski definition) is 3. The highest BCUT2D eigenvalue weighted by atomic mass is 19.1. The van der Waals surface area contributed by atoms with Crippen LogP contribution in [0, 0.1) is 18.7 Å². The Kier molecular flexibility index (Phi) is 7.91. The fourth-order valence-electron chi connectivity index (χ4n) is 4.22. The Labute approximate surface area is 208 Å². The van der Waals surface area contributed by atoms with Gasteiger partial charge in [-0.25, -0.2) is 19.0 Å². The third kappa shape index (κ3) is 5.86. The van der Waals surface area contributed by atoms with Gasteiger partial charge >= 0.3 is 5.97 Å². The van der Waals surface area contributed by atoms with Gasteiger partial charge in [-0.05, 0) is 51.2 Å². The topological polar surface area (TPSA) is 140 Å². The van der Waals surface area contributed by atoms with E-state index in [0.717, 1.165) is 31.2 Å². The van der Waals surface area contributed by atoms with Crippen molar-refractivity contribution in [3.05, 3.63) is 35.5 Å². The summed E-state index contributed by atoms with van der Waals surface area (Å²) in [5.74, 6) is -0.581. The first-order chi connectivity index (χ1) is 17.4. The maximum absolute atomic E-state index is 13.9. The van der Waals surface area contributed by atoms with Crippen LogP contribution >= 0.6 is 0 Å². The summed E-state index contributed by atoms with van der Waals surface area (Å²) in [6.07, 6.45) is 4.67. The molecule has 36 heavy (non-hydrogen) atoms. The van der Waals surface area contributed by atoms with E-state index in [-0.39, 0.29) is 23.8 Å². The molecule has 0 bridgehead atoms. The second kappa shape index (κ2) is 11.3. The first kappa shape index (κ1) is 25.3. The van der Waals surface area contributed by atoms with E-state index >= 15 is 0 Å². The van der Waals surface area contributed by atoms with Gasteiger partial charge in [0.25, 0.3) is 0 Å². The van der Waals surface area contributed by atoms with E-state index in [9.17, 15) is 14.3 Å². The molecule has 12 heteroatoms. The van der Waals surface area contributed by atoms with Crippen molar-refractivity contribution in [2.75, 3.05) is 17.2 Å². The summed E-state index contributed by atoms with van der Waals surface area (Å²) in [5.41, 5.74) is 2.66. The number of aryl methyl sites for hydroxylation is 2. The van der Waals surface area contributed by atoms with Gasteiger partial charge in [-0.3, -0.25) is 4.79 Å². The zero-order valence-electron chi connectivity index (χ0n) is 20.7. The minimum atomic E-state index is -0.767. The largest absolute Gasteiger partial charge is 0.489 e. The molecule has 11 nitrogen and oxygen atoms in total. The Balaban J connectivity index is 1.47. The van der Waals surface area contributed by atoms with Crippen LogP contribution in [-0.4, -0.2) is 53.7 Å². The molecule has 1 saturated carbocycles. The van der Waals surface area contributed by atoms with E-state index in [0.29, 0.717) is 48.8 Å². The normalized spacial score (nSPS) is 17.6. The summed E-state index contributed by atoms with van der Waals surface area (Å²) in [6, 6.07) is 3.65. The highest BCUT2D eigenvalue weighted by Gasteiger charge is 2.28.